The average molecular weight is 378 g/mol. The first-order valence-electron chi connectivity index (χ1n) is 7.79. The van der Waals surface area contributed by atoms with Crippen LogP contribution in [-0.4, -0.2) is 18.0 Å². The Morgan fingerprint density at radius 2 is 1.84 bits per heavy atom. The molecule has 3 N–H and O–H groups in total. The molecule has 130 valence electrons. The third kappa shape index (κ3) is 3.57. The maximum absolute atomic E-state index is 13.0. The molecule has 2 aromatic carbocycles. The molecule has 0 aromatic heterocycles. The molecule has 3 rings (SSSR count). The number of nitrogens with two attached hydrogens (primary N) is 1. The standard InChI is InChI=1S/C18H17Cl2N3O2/c1-10(11-2-5-13(19)6-3-11)23-16-9-14(20)7-4-12(16)8-15(17(23)24)22-18(21)25/h2-7,9-10,15H,8H2,1H3,(H3,21,22,25)/t10-,15+/m0/s1. The number of carbonyl (C=O) groups excluding carboxylic acids is 2. The van der Waals surface area contributed by atoms with E-state index in [4.69, 9.17) is 28.9 Å². The van der Waals surface area contributed by atoms with Gasteiger partial charge in [0.15, 0.2) is 0 Å². The monoisotopic (exact) mass is 377 g/mol. The highest BCUT2D eigenvalue weighted by Gasteiger charge is 2.36. The number of hydrogen-bond acceptors (Lipinski definition) is 2. The molecule has 1 heterocycles. The van der Waals surface area contributed by atoms with Crippen LogP contribution < -0.4 is 16.0 Å². The number of amides is 3. The van der Waals surface area contributed by atoms with Crippen molar-refractivity contribution in [2.24, 2.45) is 5.73 Å². The number of anilines is 1. The highest BCUT2D eigenvalue weighted by molar-refractivity contribution is 6.31. The van der Waals surface area contributed by atoms with Crippen LogP contribution >= 0.6 is 23.2 Å². The molecule has 0 bridgehead atoms. The number of nitrogens with zero attached hydrogens (tertiary/aromatic N) is 1. The van der Waals surface area contributed by atoms with E-state index in [-0.39, 0.29) is 11.9 Å². The first-order valence-corrected chi connectivity index (χ1v) is 8.55. The summed E-state index contributed by atoms with van der Waals surface area (Å²) >= 11 is 12.1. The number of rotatable bonds is 3. The summed E-state index contributed by atoms with van der Waals surface area (Å²) in [6.07, 6.45) is 0.373. The fourth-order valence-electron chi connectivity index (χ4n) is 3.10. The smallest absolute Gasteiger partial charge is 0.312 e. The van der Waals surface area contributed by atoms with E-state index in [9.17, 15) is 9.59 Å². The Labute approximate surface area is 155 Å². The van der Waals surface area contributed by atoms with E-state index in [0.29, 0.717) is 16.5 Å². The number of urea groups is 1. The SMILES string of the molecule is C[C@@H](c1ccc(Cl)cc1)N1C(=O)[C@H](NC(N)=O)Cc2ccc(Cl)cc21. The number of halogens is 2. The number of benzene rings is 2. The van der Waals surface area contributed by atoms with Gasteiger partial charge in [-0.2, -0.15) is 0 Å². The van der Waals surface area contributed by atoms with Crippen molar-refractivity contribution >= 4 is 40.8 Å². The fourth-order valence-corrected chi connectivity index (χ4v) is 3.39. The van der Waals surface area contributed by atoms with Crippen molar-refractivity contribution in [3.05, 3.63) is 63.6 Å². The minimum atomic E-state index is -0.727. The van der Waals surface area contributed by atoms with Gasteiger partial charge in [0.2, 0.25) is 0 Å². The lowest BCUT2D eigenvalue weighted by Crippen LogP contribution is -2.54. The molecule has 1 aliphatic rings. The first-order chi connectivity index (χ1) is 11.9. The molecular formula is C18H17Cl2N3O2. The predicted octanol–water partition coefficient (Wildman–Crippen LogP) is 3.68. The zero-order chi connectivity index (χ0) is 18.1. The van der Waals surface area contributed by atoms with E-state index < -0.39 is 12.1 Å². The third-order valence-electron chi connectivity index (χ3n) is 4.32. The molecule has 2 atom stereocenters. The Balaban J connectivity index is 2.05. The molecule has 25 heavy (non-hydrogen) atoms. The van der Waals surface area contributed by atoms with Crippen LogP contribution in [0.15, 0.2) is 42.5 Å². The van der Waals surface area contributed by atoms with Gasteiger partial charge < -0.3 is 16.0 Å². The fraction of sp³-hybridized carbons (Fsp3) is 0.222. The molecule has 0 fully saturated rings. The molecule has 0 aliphatic carbocycles. The van der Waals surface area contributed by atoms with E-state index in [1.807, 2.05) is 25.1 Å². The van der Waals surface area contributed by atoms with E-state index in [1.54, 1.807) is 29.2 Å². The van der Waals surface area contributed by atoms with Crippen molar-refractivity contribution in [1.29, 1.82) is 0 Å². The highest BCUT2D eigenvalue weighted by Crippen LogP contribution is 2.36. The van der Waals surface area contributed by atoms with E-state index in [0.717, 1.165) is 16.8 Å². The molecule has 0 radical (unpaired) electrons. The van der Waals surface area contributed by atoms with Crippen LogP contribution in [0.25, 0.3) is 0 Å². The average Bonchev–Trinajstić information content (AvgIpc) is 2.56. The Hall–Kier alpha value is -2.24. The molecular weight excluding hydrogens is 361 g/mol. The lowest BCUT2D eigenvalue weighted by atomic mass is 9.94. The van der Waals surface area contributed by atoms with Crippen LogP contribution in [0.1, 0.15) is 24.1 Å². The van der Waals surface area contributed by atoms with Gasteiger partial charge in [-0.05, 0) is 42.3 Å². The van der Waals surface area contributed by atoms with Crippen LogP contribution in [0.3, 0.4) is 0 Å². The largest absolute Gasteiger partial charge is 0.352 e. The summed E-state index contributed by atoms with van der Waals surface area (Å²) in [6, 6.07) is 11.0. The zero-order valence-electron chi connectivity index (χ0n) is 13.5. The van der Waals surface area contributed by atoms with Gasteiger partial charge >= 0.3 is 6.03 Å². The molecule has 5 nitrogen and oxygen atoms in total. The normalized spacial score (nSPS) is 17.8. The number of carbonyl (C=O) groups is 2. The quantitative estimate of drug-likeness (QED) is 0.855. The van der Waals surface area contributed by atoms with Gasteiger partial charge in [0, 0.05) is 22.2 Å². The van der Waals surface area contributed by atoms with Gasteiger partial charge in [-0.1, -0.05) is 41.4 Å². The van der Waals surface area contributed by atoms with Gasteiger partial charge in [0.25, 0.3) is 5.91 Å². The summed E-state index contributed by atoms with van der Waals surface area (Å²) in [6.45, 7) is 1.92. The Kier molecular flexibility index (Phi) is 4.88. The van der Waals surface area contributed by atoms with Crippen LogP contribution in [0.4, 0.5) is 10.5 Å². The molecule has 1 aliphatic heterocycles. The zero-order valence-corrected chi connectivity index (χ0v) is 15.0. The lowest BCUT2D eigenvalue weighted by molar-refractivity contribution is -0.121. The molecule has 0 spiro atoms. The van der Waals surface area contributed by atoms with E-state index in [2.05, 4.69) is 5.32 Å². The maximum atomic E-state index is 13.0. The number of nitrogens with one attached hydrogen (secondary N) is 1. The Morgan fingerprint density at radius 3 is 2.48 bits per heavy atom. The van der Waals surface area contributed by atoms with Crippen molar-refractivity contribution in [3.63, 3.8) is 0 Å². The summed E-state index contributed by atoms with van der Waals surface area (Å²) in [7, 11) is 0. The topological polar surface area (TPSA) is 75.4 Å². The summed E-state index contributed by atoms with van der Waals surface area (Å²) < 4.78 is 0. The Morgan fingerprint density at radius 1 is 1.20 bits per heavy atom. The van der Waals surface area contributed by atoms with Crippen molar-refractivity contribution < 1.29 is 9.59 Å². The second-order valence-electron chi connectivity index (χ2n) is 5.97. The first kappa shape index (κ1) is 17.6. The maximum Gasteiger partial charge on any atom is 0.312 e. The summed E-state index contributed by atoms with van der Waals surface area (Å²) in [5.41, 5.74) is 7.80. The van der Waals surface area contributed by atoms with Crippen molar-refractivity contribution in [3.8, 4) is 0 Å². The summed E-state index contributed by atoms with van der Waals surface area (Å²) in [4.78, 5) is 25.9. The third-order valence-corrected chi connectivity index (χ3v) is 4.81. The van der Waals surface area contributed by atoms with Crippen LogP contribution in [0.2, 0.25) is 10.0 Å². The Bertz CT molecular complexity index is 824. The van der Waals surface area contributed by atoms with E-state index >= 15 is 0 Å². The second kappa shape index (κ2) is 6.94. The predicted molar refractivity (Wildman–Crippen MR) is 99.0 cm³/mol. The summed E-state index contributed by atoms with van der Waals surface area (Å²) in [5, 5.41) is 3.69. The van der Waals surface area contributed by atoms with Gasteiger partial charge in [-0.15, -0.1) is 0 Å². The van der Waals surface area contributed by atoms with Crippen molar-refractivity contribution in [2.75, 3.05) is 4.90 Å². The van der Waals surface area contributed by atoms with Crippen LogP contribution in [0, 0.1) is 0 Å². The van der Waals surface area contributed by atoms with E-state index in [1.165, 1.54) is 0 Å². The minimum Gasteiger partial charge on any atom is -0.352 e. The second-order valence-corrected chi connectivity index (χ2v) is 6.85. The highest BCUT2D eigenvalue weighted by atomic mass is 35.5. The molecule has 0 saturated carbocycles. The van der Waals surface area contributed by atoms with Gasteiger partial charge in [0.05, 0.1) is 6.04 Å². The van der Waals surface area contributed by atoms with Gasteiger partial charge in [-0.3, -0.25) is 4.79 Å². The molecule has 3 amide bonds. The minimum absolute atomic E-state index is 0.226. The van der Waals surface area contributed by atoms with Crippen LogP contribution in [-0.2, 0) is 11.2 Å². The van der Waals surface area contributed by atoms with Crippen LogP contribution in [0.5, 0.6) is 0 Å². The number of hydrogen-bond donors (Lipinski definition) is 2. The summed E-state index contributed by atoms with van der Waals surface area (Å²) in [5.74, 6) is -0.226. The lowest BCUT2D eigenvalue weighted by Gasteiger charge is -2.38. The molecule has 2 aromatic rings. The molecule has 0 saturated heterocycles. The number of fused-ring (bicyclic) bond motifs is 1. The van der Waals surface area contributed by atoms with Crippen molar-refractivity contribution in [1.82, 2.24) is 5.32 Å². The van der Waals surface area contributed by atoms with Gasteiger partial charge in [0.1, 0.15) is 6.04 Å². The van der Waals surface area contributed by atoms with Gasteiger partial charge in [-0.25, -0.2) is 4.79 Å². The molecule has 0 unspecified atom stereocenters. The number of primary amides is 1. The van der Waals surface area contributed by atoms with Crippen molar-refractivity contribution in [2.45, 2.75) is 25.4 Å². The molecule has 7 heteroatoms.